The van der Waals surface area contributed by atoms with E-state index in [1.807, 2.05) is 0 Å². The van der Waals surface area contributed by atoms with Crippen molar-refractivity contribution in [3.63, 3.8) is 0 Å². The minimum Gasteiger partial charge on any atom is -0.387 e. The number of nitrogens with one attached hydrogen (secondary N) is 2. The molecule has 2 aromatic rings. The Morgan fingerprint density at radius 3 is 2.45 bits per heavy atom. The molecule has 0 aliphatic heterocycles. The van der Waals surface area contributed by atoms with Crippen molar-refractivity contribution in [2.24, 2.45) is 5.92 Å². The maximum absolute atomic E-state index is 13.1. The number of carbonyl (C=O) groups excluding carboxylic acids is 2. The number of hydrogen-bond donors (Lipinski definition) is 3. The molecule has 2 amide bonds. The maximum Gasteiger partial charge on any atom is 0.416 e. The highest BCUT2D eigenvalue weighted by molar-refractivity contribution is 5.97. The van der Waals surface area contributed by atoms with E-state index in [0.29, 0.717) is 5.69 Å². The first-order chi connectivity index (χ1) is 14.8. The highest BCUT2D eigenvalue weighted by atomic mass is 19.4. The fourth-order valence-electron chi connectivity index (χ4n) is 3.79. The van der Waals surface area contributed by atoms with Gasteiger partial charge in [-0.05, 0) is 42.7 Å². The van der Waals surface area contributed by atoms with Crippen LogP contribution in [0.1, 0.15) is 59.7 Å². The lowest BCUT2D eigenvalue weighted by atomic mass is 9.88. The summed E-state index contributed by atoms with van der Waals surface area (Å²) in [4.78, 5) is 24.8. The number of benzene rings is 2. The number of aliphatic hydroxyl groups is 1. The normalized spacial score (nSPS) is 15.9. The van der Waals surface area contributed by atoms with E-state index in [2.05, 4.69) is 10.6 Å². The third-order valence-corrected chi connectivity index (χ3v) is 5.45. The SMILES string of the molecule is O=C(NCC(O)c1ccccc1C(F)(F)F)c1cccc(NC(=O)C2CCCCC2)c1. The van der Waals surface area contributed by atoms with E-state index in [1.165, 1.54) is 30.3 Å². The van der Waals surface area contributed by atoms with Gasteiger partial charge in [0.2, 0.25) is 5.91 Å². The highest BCUT2D eigenvalue weighted by Gasteiger charge is 2.34. The average Bonchev–Trinajstić information content (AvgIpc) is 2.77. The highest BCUT2D eigenvalue weighted by Crippen LogP contribution is 2.34. The van der Waals surface area contributed by atoms with Crippen LogP contribution in [0.25, 0.3) is 0 Å². The summed E-state index contributed by atoms with van der Waals surface area (Å²) in [5.41, 5.74) is -0.531. The van der Waals surface area contributed by atoms with Crippen LogP contribution in [-0.4, -0.2) is 23.5 Å². The summed E-state index contributed by atoms with van der Waals surface area (Å²) in [6, 6.07) is 11.0. The van der Waals surface area contributed by atoms with Crippen molar-refractivity contribution >= 4 is 17.5 Å². The van der Waals surface area contributed by atoms with Gasteiger partial charge in [0.05, 0.1) is 11.7 Å². The second kappa shape index (κ2) is 9.96. The number of anilines is 1. The zero-order chi connectivity index (χ0) is 22.4. The van der Waals surface area contributed by atoms with Gasteiger partial charge in [-0.15, -0.1) is 0 Å². The largest absolute Gasteiger partial charge is 0.416 e. The van der Waals surface area contributed by atoms with Crippen molar-refractivity contribution in [3.05, 3.63) is 65.2 Å². The van der Waals surface area contributed by atoms with Crippen LogP contribution in [0.4, 0.5) is 18.9 Å². The molecule has 166 valence electrons. The summed E-state index contributed by atoms with van der Waals surface area (Å²) in [5.74, 6) is -0.663. The van der Waals surface area contributed by atoms with Gasteiger partial charge in [-0.3, -0.25) is 9.59 Å². The first-order valence-corrected chi connectivity index (χ1v) is 10.3. The molecule has 0 radical (unpaired) electrons. The Bertz CT molecular complexity index is 924. The number of aliphatic hydroxyl groups excluding tert-OH is 1. The molecule has 0 spiro atoms. The van der Waals surface area contributed by atoms with Crippen LogP contribution in [0.2, 0.25) is 0 Å². The third-order valence-electron chi connectivity index (χ3n) is 5.45. The van der Waals surface area contributed by atoms with Crippen molar-refractivity contribution in [1.29, 1.82) is 0 Å². The number of halogens is 3. The van der Waals surface area contributed by atoms with Gasteiger partial charge in [-0.25, -0.2) is 0 Å². The van der Waals surface area contributed by atoms with E-state index in [0.717, 1.165) is 38.2 Å². The lowest BCUT2D eigenvalue weighted by Gasteiger charge is -2.21. The summed E-state index contributed by atoms with van der Waals surface area (Å²) < 4.78 is 39.4. The Labute approximate surface area is 178 Å². The van der Waals surface area contributed by atoms with Gasteiger partial charge in [0.25, 0.3) is 5.91 Å². The van der Waals surface area contributed by atoms with Crippen molar-refractivity contribution in [1.82, 2.24) is 5.32 Å². The van der Waals surface area contributed by atoms with Crippen LogP contribution in [-0.2, 0) is 11.0 Å². The molecule has 5 nitrogen and oxygen atoms in total. The van der Waals surface area contributed by atoms with Gasteiger partial charge in [0, 0.05) is 23.7 Å². The van der Waals surface area contributed by atoms with E-state index in [4.69, 9.17) is 0 Å². The van der Waals surface area contributed by atoms with Crippen molar-refractivity contribution in [2.45, 2.75) is 44.4 Å². The molecule has 0 saturated heterocycles. The molecule has 0 bridgehead atoms. The quantitative estimate of drug-likeness (QED) is 0.617. The van der Waals surface area contributed by atoms with Gasteiger partial charge < -0.3 is 15.7 Å². The Hall–Kier alpha value is -2.87. The number of hydrogen-bond acceptors (Lipinski definition) is 3. The van der Waals surface area contributed by atoms with E-state index in [-0.39, 0.29) is 29.5 Å². The fraction of sp³-hybridized carbons (Fsp3) is 0.391. The van der Waals surface area contributed by atoms with E-state index >= 15 is 0 Å². The topological polar surface area (TPSA) is 78.4 Å². The molecule has 0 aromatic heterocycles. The molecule has 3 rings (SSSR count). The predicted molar refractivity (Wildman–Crippen MR) is 110 cm³/mol. The Kier molecular flexibility index (Phi) is 7.33. The number of carbonyl (C=O) groups is 2. The summed E-state index contributed by atoms with van der Waals surface area (Å²) >= 11 is 0. The summed E-state index contributed by atoms with van der Waals surface area (Å²) in [6.07, 6.45) is -1.23. The van der Waals surface area contributed by atoms with E-state index in [9.17, 15) is 27.9 Å². The molecule has 1 saturated carbocycles. The molecule has 3 N–H and O–H groups in total. The monoisotopic (exact) mass is 434 g/mol. The van der Waals surface area contributed by atoms with Crippen molar-refractivity contribution < 1.29 is 27.9 Å². The fourth-order valence-corrected chi connectivity index (χ4v) is 3.79. The number of amides is 2. The van der Waals surface area contributed by atoms with Crippen molar-refractivity contribution in [2.75, 3.05) is 11.9 Å². The minimum atomic E-state index is -4.60. The third kappa shape index (κ3) is 6.07. The van der Waals surface area contributed by atoms with Crippen LogP contribution >= 0.6 is 0 Å². The molecular formula is C23H25F3N2O3. The van der Waals surface area contributed by atoms with Crippen LogP contribution < -0.4 is 10.6 Å². The molecule has 0 heterocycles. The molecule has 1 aliphatic rings. The lowest BCUT2D eigenvalue weighted by Crippen LogP contribution is -2.29. The van der Waals surface area contributed by atoms with Crippen LogP contribution in [0.3, 0.4) is 0 Å². The lowest BCUT2D eigenvalue weighted by molar-refractivity contribution is -0.139. The molecule has 2 aromatic carbocycles. The zero-order valence-corrected chi connectivity index (χ0v) is 16.9. The Balaban J connectivity index is 1.61. The molecule has 8 heteroatoms. The van der Waals surface area contributed by atoms with E-state index in [1.54, 1.807) is 12.1 Å². The molecule has 1 unspecified atom stereocenters. The second-order valence-electron chi connectivity index (χ2n) is 7.72. The van der Waals surface area contributed by atoms with Gasteiger partial charge >= 0.3 is 6.18 Å². The Morgan fingerprint density at radius 2 is 1.74 bits per heavy atom. The first kappa shape index (κ1) is 22.8. The summed E-state index contributed by atoms with van der Waals surface area (Å²) in [7, 11) is 0. The molecule has 31 heavy (non-hydrogen) atoms. The van der Waals surface area contributed by atoms with Gasteiger partial charge in [-0.1, -0.05) is 43.5 Å². The average molecular weight is 434 g/mol. The maximum atomic E-state index is 13.1. The second-order valence-corrected chi connectivity index (χ2v) is 7.72. The first-order valence-electron chi connectivity index (χ1n) is 10.3. The Morgan fingerprint density at radius 1 is 1.03 bits per heavy atom. The van der Waals surface area contributed by atoms with Crippen LogP contribution in [0, 0.1) is 5.92 Å². The smallest absolute Gasteiger partial charge is 0.387 e. The zero-order valence-electron chi connectivity index (χ0n) is 16.9. The molecule has 1 aliphatic carbocycles. The van der Waals surface area contributed by atoms with Gasteiger partial charge in [-0.2, -0.15) is 13.2 Å². The van der Waals surface area contributed by atoms with Crippen molar-refractivity contribution in [3.8, 4) is 0 Å². The summed E-state index contributed by atoms with van der Waals surface area (Å²) in [5, 5.41) is 15.5. The van der Waals surface area contributed by atoms with Gasteiger partial charge in [0.1, 0.15) is 0 Å². The van der Waals surface area contributed by atoms with Gasteiger partial charge in [0.15, 0.2) is 0 Å². The molecule has 1 atom stereocenters. The van der Waals surface area contributed by atoms with E-state index < -0.39 is 23.8 Å². The molecular weight excluding hydrogens is 409 g/mol. The minimum absolute atomic E-state index is 0.0323. The standard InChI is InChI=1S/C23H25F3N2O3/c24-23(25,26)19-12-5-4-11-18(19)20(29)14-27-21(30)16-9-6-10-17(13-16)28-22(31)15-7-2-1-3-8-15/h4-6,9-13,15,20,29H,1-3,7-8,14H2,(H,27,30)(H,28,31). The molecule has 1 fully saturated rings. The van der Waals surface area contributed by atoms with Crippen LogP contribution in [0.15, 0.2) is 48.5 Å². The number of alkyl halides is 3. The van der Waals surface area contributed by atoms with Crippen LogP contribution in [0.5, 0.6) is 0 Å². The number of rotatable bonds is 6. The predicted octanol–water partition coefficient (Wildman–Crippen LogP) is 4.69. The summed E-state index contributed by atoms with van der Waals surface area (Å²) in [6.45, 7) is -0.384.